The van der Waals surface area contributed by atoms with Crippen molar-refractivity contribution in [1.82, 2.24) is 4.98 Å². The molecule has 0 radical (unpaired) electrons. The van der Waals surface area contributed by atoms with Crippen molar-refractivity contribution in [3.63, 3.8) is 0 Å². The summed E-state index contributed by atoms with van der Waals surface area (Å²) in [4.78, 5) is 14.5. The van der Waals surface area contributed by atoms with Gasteiger partial charge < -0.3 is 5.32 Å². The number of nitrogens with zero attached hydrogens (tertiary/aromatic N) is 2. The van der Waals surface area contributed by atoms with Crippen molar-refractivity contribution in [3.8, 4) is 0 Å². The molecule has 0 amide bonds. The molecule has 0 aliphatic heterocycles. The summed E-state index contributed by atoms with van der Waals surface area (Å²) in [7, 11) is 0. The SMILES string of the molecule is CC(C)CC(C)Nc1ncc(Br)cc1[N+](=O)[O-]. The zero-order valence-electron chi connectivity index (χ0n) is 10.1. The van der Waals surface area contributed by atoms with Crippen LogP contribution in [0.4, 0.5) is 11.5 Å². The Hall–Kier alpha value is -1.17. The van der Waals surface area contributed by atoms with Gasteiger partial charge in [-0.25, -0.2) is 4.98 Å². The van der Waals surface area contributed by atoms with Crippen LogP contribution < -0.4 is 5.32 Å². The van der Waals surface area contributed by atoms with Gasteiger partial charge in [-0.05, 0) is 35.2 Å². The first-order valence-electron chi connectivity index (χ1n) is 5.46. The molecule has 1 atom stereocenters. The Labute approximate surface area is 109 Å². The summed E-state index contributed by atoms with van der Waals surface area (Å²) in [6.45, 7) is 6.22. The molecule has 1 rings (SSSR count). The Morgan fingerprint density at radius 3 is 2.71 bits per heavy atom. The minimum atomic E-state index is -0.428. The minimum absolute atomic E-state index is 0.00465. The molecule has 1 heterocycles. The standard InChI is InChI=1S/C11H16BrN3O2/c1-7(2)4-8(3)14-11-10(15(16)17)5-9(12)6-13-11/h5-8H,4H2,1-3H3,(H,13,14). The van der Waals surface area contributed by atoms with E-state index in [0.29, 0.717) is 16.2 Å². The van der Waals surface area contributed by atoms with Gasteiger partial charge in [-0.15, -0.1) is 0 Å². The van der Waals surface area contributed by atoms with Crippen LogP contribution in [-0.4, -0.2) is 15.9 Å². The van der Waals surface area contributed by atoms with Crippen molar-refractivity contribution in [1.29, 1.82) is 0 Å². The average molecular weight is 302 g/mol. The number of pyridine rings is 1. The van der Waals surface area contributed by atoms with Gasteiger partial charge in [0.2, 0.25) is 5.82 Å². The fourth-order valence-electron chi connectivity index (χ4n) is 1.68. The zero-order chi connectivity index (χ0) is 13.0. The van der Waals surface area contributed by atoms with Crippen LogP contribution >= 0.6 is 15.9 Å². The molecule has 0 aliphatic carbocycles. The second-order valence-electron chi connectivity index (χ2n) is 4.45. The van der Waals surface area contributed by atoms with E-state index in [1.165, 1.54) is 6.07 Å². The Morgan fingerprint density at radius 2 is 2.18 bits per heavy atom. The molecular weight excluding hydrogens is 286 g/mol. The first kappa shape index (κ1) is 13.9. The zero-order valence-corrected chi connectivity index (χ0v) is 11.7. The van der Waals surface area contributed by atoms with E-state index in [4.69, 9.17) is 0 Å². The third-order valence-corrected chi connectivity index (χ3v) is 2.67. The lowest BCUT2D eigenvalue weighted by molar-refractivity contribution is -0.384. The third kappa shape index (κ3) is 4.30. The van der Waals surface area contributed by atoms with Crippen LogP contribution in [0.3, 0.4) is 0 Å². The molecule has 0 fully saturated rings. The van der Waals surface area contributed by atoms with E-state index in [2.05, 4.69) is 40.1 Å². The Balaban J connectivity index is 2.86. The molecule has 1 N–H and O–H groups in total. The van der Waals surface area contributed by atoms with Crippen molar-refractivity contribution in [2.45, 2.75) is 33.2 Å². The predicted molar refractivity (Wildman–Crippen MR) is 71.1 cm³/mol. The first-order valence-corrected chi connectivity index (χ1v) is 6.26. The normalized spacial score (nSPS) is 12.5. The second kappa shape index (κ2) is 5.95. The number of rotatable bonds is 5. The lowest BCUT2D eigenvalue weighted by atomic mass is 10.1. The van der Waals surface area contributed by atoms with E-state index >= 15 is 0 Å². The fraction of sp³-hybridized carbons (Fsp3) is 0.545. The van der Waals surface area contributed by atoms with Crippen molar-refractivity contribution in [2.24, 2.45) is 5.92 Å². The van der Waals surface area contributed by atoms with E-state index in [1.54, 1.807) is 6.20 Å². The Kier molecular flexibility index (Phi) is 4.86. The molecule has 0 spiro atoms. The van der Waals surface area contributed by atoms with Crippen LogP contribution in [0.1, 0.15) is 27.2 Å². The summed E-state index contributed by atoms with van der Waals surface area (Å²) >= 11 is 3.18. The summed E-state index contributed by atoms with van der Waals surface area (Å²) in [6.07, 6.45) is 2.49. The topological polar surface area (TPSA) is 68.1 Å². The maximum Gasteiger partial charge on any atom is 0.312 e. The Morgan fingerprint density at radius 1 is 1.53 bits per heavy atom. The molecule has 5 nitrogen and oxygen atoms in total. The number of hydrogen-bond acceptors (Lipinski definition) is 4. The highest BCUT2D eigenvalue weighted by Crippen LogP contribution is 2.26. The number of nitro groups is 1. The molecule has 1 aromatic heterocycles. The van der Waals surface area contributed by atoms with Gasteiger partial charge in [0.25, 0.3) is 0 Å². The van der Waals surface area contributed by atoms with Crippen LogP contribution in [-0.2, 0) is 0 Å². The maximum atomic E-state index is 10.9. The predicted octanol–water partition coefficient (Wildman–Crippen LogP) is 3.60. The van der Waals surface area contributed by atoms with Gasteiger partial charge >= 0.3 is 5.69 Å². The van der Waals surface area contributed by atoms with Gasteiger partial charge in [0, 0.05) is 22.8 Å². The van der Waals surface area contributed by atoms with E-state index < -0.39 is 4.92 Å². The van der Waals surface area contributed by atoms with E-state index in [-0.39, 0.29) is 11.7 Å². The average Bonchev–Trinajstić information content (AvgIpc) is 2.19. The highest BCUT2D eigenvalue weighted by Gasteiger charge is 2.17. The van der Waals surface area contributed by atoms with Gasteiger partial charge in [0.15, 0.2) is 0 Å². The highest BCUT2D eigenvalue weighted by molar-refractivity contribution is 9.10. The molecule has 6 heteroatoms. The number of nitrogens with one attached hydrogen (secondary N) is 1. The van der Waals surface area contributed by atoms with E-state index in [9.17, 15) is 10.1 Å². The smallest absolute Gasteiger partial charge is 0.312 e. The van der Waals surface area contributed by atoms with Crippen molar-refractivity contribution >= 4 is 27.4 Å². The maximum absolute atomic E-state index is 10.9. The van der Waals surface area contributed by atoms with Crippen LogP contribution in [0.5, 0.6) is 0 Å². The van der Waals surface area contributed by atoms with Crippen molar-refractivity contribution < 1.29 is 4.92 Å². The van der Waals surface area contributed by atoms with Crippen molar-refractivity contribution in [3.05, 3.63) is 26.9 Å². The summed E-state index contributed by atoms with van der Waals surface area (Å²) in [5, 5.41) is 14.0. The fourth-order valence-corrected chi connectivity index (χ4v) is 2.00. The summed E-state index contributed by atoms with van der Waals surface area (Å²) in [5.41, 5.74) is -0.00465. The van der Waals surface area contributed by atoms with Crippen LogP contribution in [0.25, 0.3) is 0 Å². The molecule has 0 aromatic carbocycles. The quantitative estimate of drug-likeness (QED) is 0.666. The molecule has 0 saturated carbocycles. The highest BCUT2D eigenvalue weighted by atomic mass is 79.9. The molecule has 0 aliphatic rings. The number of halogens is 1. The molecule has 1 aromatic rings. The second-order valence-corrected chi connectivity index (χ2v) is 5.37. The molecular formula is C11H16BrN3O2. The summed E-state index contributed by atoms with van der Waals surface area (Å²) in [6, 6.07) is 1.61. The number of anilines is 1. The minimum Gasteiger partial charge on any atom is -0.362 e. The Bertz CT molecular complexity index is 410. The van der Waals surface area contributed by atoms with Gasteiger partial charge in [-0.3, -0.25) is 10.1 Å². The lowest BCUT2D eigenvalue weighted by Gasteiger charge is -2.16. The van der Waals surface area contributed by atoms with Crippen LogP contribution in [0.15, 0.2) is 16.7 Å². The molecule has 0 bridgehead atoms. The van der Waals surface area contributed by atoms with E-state index in [1.807, 2.05) is 6.92 Å². The van der Waals surface area contributed by atoms with Crippen molar-refractivity contribution in [2.75, 3.05) is 5.32 Å². The van der Waals surface area contributed by atoms with Gasteiger partial charge in [0.1, 0.15) is 0 Å². The molecule has 17 heavy (non-hydrogen) atoms. The van der Waals surface area contributed by atoms with Crippen LogP contribution in [0.2, 0.25) is 0 Å². The summed E-state index contributed by atoms with van der Waals surface area (Å²) in [5.74, 6) is 0.860. The number of aromatic nitrogens is 1. The molecule has 1 unspecified atom stereocenters. The van der Waals surface area contributed by atoms with Gasteiger partial charge in [-0.1, -0.05) is 13.8 Å². The lowest BCUT2D eigenvalue weighted by Crippen LogP contribution is -2.19. The summed E-state index contributed by atoms with van der Waals surface area (Å²) < 4.78 is 0.603. The third-order valence-electron chi connectivity index (χ3n) is 2.24. The molecule has 94 valence electrons. The van der Waals surface area contributed by atoms with Gasteiger partial charge in [0.05, 0.1) is 4.92 Å². The monoisotopic (exact) mass is 301 g/mol. The van der Waals surface area contributed by atoms with E-state index in [0.717, 1.165) is 6.42 Å². The first-order chi connectivity index (χ1) is 7.90. The van der Waals surface area contributed by atoms with Gasteiger partial charge in [-0.2, -0.15) is 0 Å². The van der Waals surface area contributed by atoms with Crippen LogP contribution in [0, 0.1) is 16.0 Å². The largest absolute Gasteiger partial charge is 0.362 e. The molecule has 0 saturated heterocycles. The number of hydrogen-bond donors (Lipinski definition) is 1.